The molecule has 3 aliphatic carbocycles. The van der Waals surface area contributed by atoms with Gasteiger partial charge in [-0.05, 0) is 68.7 Å². The second kappa shape index (κ2) is 5.57. The molecule has 5 atom stereocenters. The van der Waals surface area contributed by atoms with Gasteiger partial charge in [0.1, 0.15) is 0 Å². The zero-order valence-corrected chi connectivity index (χ0v) is 13.4. The average Bonchev–Trinajstić information content (AvgIpc) is 2.94. The SMILES string of the molecule is CCCN(CC1CCCCN1)C(=O)C1C2C3CCC(C3)C12. The van der Waals surface area contributed by atoms with Gasteiger partial charge in [-0.15, -0.1) is 0 Å². The summed E-state index contributed by atoms with van der Waals surface area (Å²) in [6.45, 7) is 5.25. The van der Waals surface area contributed by atoms with E-state index in [1.54, 1.807) is 0 Å². The molecule has 3 heteroatoms. The van der Waals surface area contributed by atoms with Crippen LogP contribution in [0.25, 0.3) is 0 Å². The second-order valence-electron chi connectivity index (χ2n) is 7.94. The number of hydrogen-bond donors (Lipinski definition) is 1. The van der Waals surface area contributed by atoms with Gasteiger partial charge in [0.25, 0.3) is 0 Å². The lowest BCUT2D eigenvalue weighted by molar-refractivity contribution is -0.134. The van der Waals surface area contributed by atoms with Crippen LogP contribution in [0.5, 0.6) is 0 Å². The first-order valence-electron chi connectivity index (χ1n) is 9.31. The number of hydrogen-bond acceptors (Lipinski definition) is 2. The van der Waals surface area contributed by atoms with Crippen molar-refractivity contribution in [3.8, 4) is 0 Å². The number of piperidine rings is 1. The second-order valence-corrected chi connectivity index (χ2v) is 7.94. The minimum Gasteiger partial charge on any atom is -0.341 e. The quantitative estimate of drug-likeness (QED) is 0.844. The largest absolute Gasteiger partial charge is 0.341 e. The van der Waals surface area contributed by atoms with Crippen LogP contribution in [0.3, 0.4) is 0 Å². The topological polar surface area (TPSA) is 32.3 Å². The molecule has 1 N–H and O–H groups in total. The number of nitrogens with one attached hydrogen (secondary N) is 1. The monoisotopic (exact) mass is 290 g/mol. The predicted octanol–water partition coefficient (Wildman–Crippen LogP) is 2.66. The number of carbonyl (C=O) groups excluding carboxylic acids is 1. The van der Waals surface area contributed by atoms with Crippen molar-refractivity contribution in [3.63, 3.8) is 0 Å². The zero-order valence-electron chi connectivity index (χ0n) is 13.4. The Kier molecular flexibility index (Phi) is 3.72. The molecule has 0 aromatic rings. The first-order chi connectivity index (χ1) is 10.3. The van der Waals surface area contributed by atoms with Crippen molar-refractivity contribution in [1.29, 1.82) is 0 Å². The third kappa shape index (κ3) is 2.42. The molecule has 1 aliphatic heterocycles. The summed E-state index contributed by atoms with van der Waals surface area (Å²) in [6, 6.07) is 0.546. The van der Waals surface area contributed by atoms with Crippen molar-refractivity contribution >= 4 is 5.91 Å². The number of nitrogens with zero attached hydrogens (tertiary/aromatic N) is 1. The first kappa shape index (κ1) is 14.0. The van der Waals surface area contributed by atoms with Gasteiger partial charge < -0.3 is 10.2 Å². The molecule has 21 heavy (non-hydrogen) atoms. The Morgan fingerprint density at radius 3 is 2.52 bits per heavy atom. The maximum atomic E-state index is 13.0. The van der Waals surface area contributed by atoms with Gasteiger partial charge in [-0.25, -0.2) is 0 Å². The lowest BCUT2D eigenvalue weighted by Crippen LogP contribution is -2.46. The Morgan fingerprint density at radius 1 is 1.14 bits per heavy atom. The highest BCUT2D eigenvalue weighted by atomic mass is 16.2. The van der Waals surface area contributed by atoms with Gasteiger partial charge in [-0.3, -0.25) is 4.79 Å². The minimum atomic E-state index is 0.423. The number of fused-ring (bicyclic) bond motifs is 5. The van der Waals surface area contributed by atoms with E-state index in [0.29, 0.717) is 17.9 Å². The summed E-state index contributed by atoms with van der Waals surface area (Å²) in [5.74, 6) is 4.32. The molecule has 2 bridgehead atoms. The highest BCUT2D eigenvalue weighted by Crippen LogP contribution is 2.69. The highest BCUT2D eigenvalue weighted by Gasteiger charge is 2.67. The Hall–Kier alpha value is -0.570. The molecule has 0 radical (unpaired) electrons. The molecular weight excluding hydrogens is 260 g/mol. The van der Waals surface area contributed by atoms with E-state index in [1.807, 2.05) is 0 Å². The summed E-state index contributed by atoms with van der Waals surface area (Å²) in [5.41, 5.74) is 0. The van der Waals surface area contributed by atoms with Crippen molar-refractivity contribution < 1.29 is 4.79 Å². The van der Waals surface area contributed by atoms with Crippen LogP contribution in [0.4, 0.5) is 0 Å². The van der Waals surface area contributed by atoms with Crippen LogP contribution >= 0.6 is 0 Å². The van der Waals surface area contributed by atoms with Gasteiger partial charge in [0, 0.05) is 25.0 Å². The van der Waals surface area contributed by atoms with Crippen LogP contribution in [0.15, 0.2) is 0 Å². The Bertz CT molecular complexity index is 388. The van der Waals surface area contributed by atoms with Gasteiger partial charge >= 0.3 is 0 Å². The normalized spacial score (nSPS) is 43.7. The van der Waals surface area contributed by atoms with Gasteiger partial charge in [0.2, 0.25) is 5.91 Å². The molecule has 0 aromatic heterocycles. The van der Waals surface area contributed by atoms with E-state index >= 15 is 0 Å². The Morgan fingerprint density at radius 2 is 1.90 bits per heavy atom. The van der Waals surface area contributed by atoms with E-state index in [9.17, 15) is 4.79 Å². The third-order valence-electron chi connectivity index (χ3n) is 6.68. The molecule has 1 amide bonds. The summed E-state index contributed by atoms with van der Waals surface area (Å²) in [7, 11) is 0. The van der Waals surface area contributed by atoms with Crippen LogP contribution in [-0.2, 0) is 4.79 Å². The molecule has 4 aliphatic rings. The molecule has 3 saturated carbocycles. The fourth-order valence-corrected chi connectivity index (χ4v) is 5.77. The molecule has 3 nitrogen and oxygen atoms in total. The molecule has 118 valence electrons. The molecule has 5 unspecified atom stereocenters. The summed E-state index contributed by atoms with van der Waals surface area (Å²) in [5, 5.41) is 3.61. The Labute approximate surface area is 128 Å². The van der Waals surface area contributed by atoms with Crippen molar-refractivity contribution in [3.05, 3.63) is 0 Å². The van der Waals surface area contributed by atoms with Crippen molar-refractivity contribution in [2.24, 2.45) is 29.6 Å². The molecule has 1 heterocycles. The lowest BCUT2D eigenvalue weighted by Gasteiger charge is -2.31. The molecule has 4 rings (SSSR count). The molecule has 0 spiro atoms. The molecule has 1 saturated heterocycles. The maximum absolute atomic E-state index is 13.0. The standard InChI is InChI=1S/C18H30N2O/c1-2-9-20(11-14-5-3-4-8-19-14)18(21)17-15-12-6-7-13(10-12)16(15)17/h12-17,19H,2-11H2,1H3. The van der Waals surface area contributed by atoms with Crippen LogP contribution in [0, 0.1) is 29.6 Å². The van der Waals surface area contributed by atoms with E-state index in [4.69, 9.17) is 0 Å². The van der Waals surface area contributed by atoms with Crippen LogP contribution in [0.1, 0.15) is 51.9 Å². The fraction of sp³-hybridized carbons (Fsp3) is 0.944. The zero-order chi connectivity index (χ0) is 14.4. The van der Waals surface area contributed by atoms with E-state index in [-0.39, 0.29) is 0 Å². The van der Waals surface area contributed by atoms with Crippen molar-refractivity contribution in [2.75, 3.05) is 19.6 Å². The van der Waals surface area contributed by atoms with Crippen LogP contribution in [-0.4, -0.2) is 36.5 Å². The van der Waals surface area contributed by atoms with E-state index in [1.165, 1.54) is 38.5 Å². The third-order valence-corrected chi connectivity index (χ3v) is 6.68. The van der Waals surface area contributed by atoms with Crippen molar-refractivity contribution in [2.45, 2.75) is 57.9 Å². The van der Waals surface area contributed by atoms with Crippen molar-refractivity contribution in [1.82, 2.24) is 10.2 Å². The lowest BCUT2D eigenvalue weighted by atomic mass is 10.0. The minimum absolute atomic E-state index is 0.423. The number of amides is 1. The number of carbonyl (C=O) groups is 1. The van der Waals surface area contributed by atoms with Gasteiger partial charge in [-0.1, -0.05) is 13.3 Å². The Balaban J connectivity index is 1.38. The number of rotatable bonds is 5. The van der Waals surface area contributed by atoms with Gasteiger partial charge in [0.05, 0.1) is 0 Å². The molecular formula is C18H30N2O. The van der Waals surface area contributed by atoms with E-state index < -0.39 is 0 Å². The average molecular weight is 290 g/mol. The van der Waals surface area contributed by atoms with E-state index in [0.717, 1.165) is 49.7 Å². The summed E-state index contributed by atoms with van der Waals surface area (Å²) in [6.07, 6.45) is 9.22. The molecule has 4 fully saturated rings. The summed E-state index contributed by atoms with van der Waals surface area (Å²) < 4.78 is 0. The highest BCUT2D eigenvalue weighted by molar-refractivity contribution is 5.83. The predicted molar refractivity (Wildman–Crippen MR) is 83.8 cm³/mol. The van der Waals surface area contributed by atoms with Gasteiger partial charge in [0.15, 0.2) is 0 Å². The van der Waals surface area contributed by atoms with Gasteiger partial charge in [-0.2, -0.15) is 0 Å². The maximum Gasteiger partial charge on any atom is 0.226 e. The smallest absolute Gasteiger partial charge is 0.226 e. The fourth-order valence-electron chi connectivity index (χ4n) is 5.77. The van der Waals surface area contributed by atoms with Crippen LogP contribution < -0.4 is 5.32 Å². The molecule has 0 aromatic carbocycles. The summed E-state index contributed by atoms with van der Waals surface area (Å²) >= 11 is 0. The first-order valence-corrected chi connectivity index (χ1v) is 9.31. The van der Waals surface area contributed by atoms with Crippen LogP contribution in [0.2, 0.25) is 0 Å². The summed E-state index contributed by atoms with van der Waals surface area (Å²) in [4.78, 5) is 15.2. The van der Waals surface area contributed by atoms with E-state index in [2.05, 4.69) is 17.1 Å².